The number of nitrogens with zero attached hydrogens (tertiary/aromatic N) is 2. The molecule has 1 N–H and O–H groups in total. The molecule has 0 spiro atoms. The van der Waals surface area contributed by atoms with E-state index in [9.17, 15) is 10.1 Å². The number of nitrogens with one attached hydrogen (secondary N) is 1. The fraction of sp³-hybridized carbons (Fsp3) is 0.0714. The molecule has 2 rings (SSSR count). The number of nitro benzene ring substituents is 1. The molecule has 20 heavy (non-hydrogen) atoms. The van der Waals surface area contributed by atoms with Gasteiger partial charge in [-0.25, -0.2) is 0 Å². The fourth-order valence-electron chi connectivity index (χ4n) is 1.76. The van der Waals surface area contributed by atoms with Gasteiger partial charge in [-0.05, 0) is 31.2 Å². The molecule has 0 unspecified atom stereocenters. The second-order valence-corrected chi connectivity index (χ2v) is 5.10. The van der Waals surface area contributed by atoms with Crippen LogP contribution in [0.5, 0.6) is 0 Å². The minimum atomic E-state index is -0.423. The molecule has 0 saturated heterocycles. The van der Waals surface area contributed by atoms with Crippen molar-refractivity contribution < 1.29 is 4.92 Å². The van der Waals surface area contributed by atoms with Crippen LogP contribution in [0.1, 0.15) is 11.1 Å². The van der Waals surface area contributed by atoms with E-state index in [1.54, 1.807) is 37.3 Å². The van der Waals surface area contributed by atoms with Gasteiger partial charge >= 0.3 is 0 Å². The minimum absolute atomic E-state index is 0.0469. The molecule has 0 aliphatic rings. The second kappa shape index (κ2) is 5.72. The van der Waals surface area contributed by atoms with Gasteiger partial charge in [-0.2, -0.15) is 5.26 Å². The summed E-state index contributed by atoms with van der Waals surface area (Å²) in [6, 6.07) is 12.2. The number of benzene rings is 2. The molecule has 0 fully saturated rings. The largest absolute Gasteiger partial charge is 0.354 e. The normalized spacial score (nSPS) is 9.85. The maximum Gasteiger partial charge on any atom is 0.274 e. The summed E-state index contributed by atoms with van der Waals surface area (Å²) in [5.41, 5.74) is 2.28. The predicted octanol–water partition coefficient (Wildman–Crippen LogP) is 4.28. The number of anilines is 2. The van der Waals surface area contributed by atoms with Crippen molar-refractivity contribution in [1.82, 2.24) is 0 Å². The van der Waals surface area contributed by atoms with Crippen LogP contribution in [0.2, 0.25) is 0 Å². The van der Waals surface area contributed by atoms with Gasteiger partial charge in [0.1, 0.15) is 6.07 Å². The lowest BCUT2D eigenvalue weighted by Gasteiger charge is -2.09. The monoisotopic (exact) mass is 331 g/mol. The van der Waals surface area contributed by atoms with Crippen LogP contribution in [0, 0.1) is 28.4 Å². The van der Waals surface area contributed by atoms with E-state index in [0.717, 1.165) is 4.47 Å². The zero-order valence-electron chi connectivity index (χ0n) is 10.6. The summed E-state index contributed by atoms with van der Waals surface area (Å²) in [6.45, 7) is 1.68. The molecule has 100 valence electrons. The van der Waals surface area contributed by atoms with Gasteiger partial charge in [0.05, 0.1) is 16.2 Å². The highest BCUT2D eigenvalue weighted by molar-refractivity contribution is 9.10. The molecule has 2 aromatic carbocycles. The zero-order valence-corrected chi connectivity index (χ0v) is 12.1. The number of nitriles is 1. The van der Waals surface area contributed by atoms with Crippen molar-refractivity contribution in [2.24, 2.45) is 0 Å². The molecule has 0 heterocycles. The highest BCUT2D eigenvalue weighted by atomic mass is 79.9. The van der Waals surface area contributed by atoms with E-state index in [0.29, 0.717) is 22.5 Å². The smallest absolute Gasteiger partial charge is 0.274 e. The average molecular weight is 332 g/mol. The quantitative estimate of drug-likeness (QED) is 0.672. The fourth-order valence-corrected chi connectivity index (χ4v) is 2.12. The molecule has 0 aromatic heterocycles. The Balaban J connectivity index is 2.38. The zero-order chi connectivity index (χ0) is 14.7. The second-order valence-electron chi connectivity index (χ2n) is 4.19. The van der Waals surface area contributed by atoms with Crippen molar-refractivity contribution in [3.8, 4) is 6.07 Å². The molecule has 0 amide bonds. The third-order valence-corrected chi connectivity index (χ3v) is 3.28. The van der Waals surface area contributed by atoms with Crippen molar-refractivity contribution in [3.05, 3.63) is 62.1 Å². The summed E-state index contributed by atoms with van der Waals surface area (Å²) in [6.07, 6.45) is 0. The summed E-state index contributed by atoms with van der Waals surface area (Å²) in [7, 11) is 0. The van der Waals surface area contributed by atoms with Crippen LogP contribution >= 0.6 is 15.9 Å². The van der Waals surface area contributed by atoms with Gasteiger partial charge in [0.25, 0.3) is 5.69 Å². The maximum absolute atomic E-state index is 10.9. The van der Waals surface area contributed by atoms with Crippen LogP contribution in [-0.2, 0) is 0 Å². The highest BCUT2D eigenvalue weighted by Crippen LogP contribution is 2.27. The third-order valence-electron chi connectivity index (χ3n) is 2.79. The molecule has 0 radical (unpaired) electrons. The number of hydrogen-bond acceptors (Lipinski definition) is 4. The van der Waals surface area contributed by atoms with Gasteiger partial charge < -0.3 is 5.32 Å². The Hall–Kier alpha value is -2.39. The summed E-state index contributed by atoms with van der Waals surface area (Å²) >= 11 is 3.29. The lowest BCUT2D eigenvalue weighted by molar-refractivity contribution is -0.385. The van der Waals surface area contributed by atoms with Gasteiger partial charge in [-0.1, -0.05) is 22.0 Å². The van der Waals surface area contributed by atoms with Crippen LogP contribution in [0.15, 0.2) is 40.9 Å². The molecule has 5 nitrogen and oxygen atoms in total. The molecule has 0 atom stereocenters. The third kappa shape index (κ3) is 2.95. The van der Waals surface area contributed by atoms with E-state index >= 15 is 0 Å². The Bertz CT molecular complexity index is 723. The van der Waals surface area contributed by atoms with Gasteiger partial charge in [0.2, 0.25) is 0 Å². The van der Waals surface area contributed by atoms with Crippen LogP contribution in [0.25, 0.3) is 0 Å². The summed E-state index contributed by atoms with van der Waals surface area (Å²) in [4.78, 5) is 10.5. The summed E-state index contributed by atoms with van der Waals surface area (Å²) in [5, 5.41) is 23.0. The number of rotatable bonds is 3. The number of aryl methyl sites for hydroxylation is 1. The standard InChI is InChI=1S/C14H10BrN3O2/c1-9-2-4-12(7-14(9)18(19)20)17-13-5-3-11(15)6-10(13)8-16/h2-7,17H,1H3. The number of nitro groups is 1. The Kier molecular flexibility index (Phi) is 4.01. The van der Waals surface area contributed by atoms with E-state index in [1.807, 2.05) is 0 Å². The topological polar surface area (TPSA) is 79.0 Å². The predicted molar refractivity (Wildman–Crippen MR) is 80.0 cm³/mol. The van der Waals surface area contributed by atoms with Crippen molar-refractivity contribution in [3.63, 3.8) is 0 Å². The van der Waals surface area contributed by atoms with Crippen molar-refractivity contribution in [2.45, 2.75) is 6.92 Å². The van der Waals surface area contributed by atoms with E-state index < -0.39 is 4.92 Å². The Morgan fingerprint density at radius 1 is 1.30 bits per heavy atom. The van der Waals surface area contributed by atoms with Gasteiger partial charge in [-0.3, -0.25) is 10.1 Å². The highest BCUT2D eigenvalue weighted by Gasteiger charge is 2.12. The summed E-state index contributed by atoms with van der Waals surface area (Å²) < 4.78 is 0.800. The lowest BCUT2D eigenvalue weighted by atomic mass is 10.1. The van der Waals surface area contributed by atoms with Crippen LogP contribution < -0.4 is 5.32 Å². The maximum atomic E-state index is 10.9. The van der Waals surface area contributed by atoms with E-state index in [2.05, 4.69) is 27.3 Å². The van der Waals surface area contributed by atoms with Crippen LogP contribution in [0.4, 0.5) is 17.1 Å². The van der Waals surface area contributed by atoms with Crippen molar-refractivity contribution >= 4 is 33.0 Å². The molecule has 6 heteroatoms. The molecule has 0 bridgehead atoms. The van der Waals surface area contributed by atoms with E-state index in [1.165, 1.54) is 6.07 Å². The molecular weight excluding hydrogens is 322 g/mol. The first-order chi connectivity index (χ1) is 9.51. The molecule has 2 aromatic rings. The van der Waals surface area contributed by atoms with Gasteiger partial charge in [0, 0.05) is 21.8 Å². The SMILES string of the molecule is Cc1ccc(Nc2ccc(Br)cc2C#N)cc1[N+](=O)[O-]. The first kappa shape index (κ1) is 14.0. The first-order valence-electron chi connectivity index (χ1n) is 5.73. The summed E-state index contributed by atoms with van der Waals surface area (Å²) in [5.74, 6) is 0. The molecular formula is C14H10BrN3O2. The minimum Gasteiger partial charge on any atom is -0.354 e. The Morgan fingerprint density at radius 3 is 2.70 bits per heavy atom. The lowest BCUT2D eigenvalue weighted by Crippen LogP contribution is -1.97. The van der Waals surface area contributed by atoms with E-state index in [-0.39, 0.29) is 5.69 Å². The van der Waals surface area contributed by atoms with Crippen LogP contribution in [-0.4, -0.2) is 4.92 Å². The van der Waals surface area contributed by atoms with Crippen LogP contribution in [0.3, 0.4) is 0 Å². The van der Waals surface area contributed by atoms with Crippen molar-refractivity contribution in [2.75, 3.05) is 5.32 Å². The Morgan fingerprint density at radius 2 is 2.05 bits per heavy atom. The Labute approximate surface area is 124 Å². The van der Waals surface area contributed by atoms with Gasteiger partial charge in [-0.15, -0.1) is 0 Å². The average Bonchev–Trinajstić information content (AvgIpc) is 2.42. The van der Waals surface area contributed by atoms with E-state index in [4.69, 9.17) is 5.26 Å². The number of halogens is 1. The molecule has 0 aliphatic heterocycles. The molecule has 0 saturated carbocycles. The molecule has 0 aliphatic carbocycles. The number of hydrogen-bond donors (Lipinski definition) is 1. The van der Waals surface area contributed by atoms with Crippen molar-refractivity contribution in [1.29, 1.82) is 5.26 Å². The van der Waals surface area contributed by atoms with Gasteiger partial charge in [0.15, 0.2) is 0 Å². The first-order valence-corrected chi connectivity index (χ1v) is 6.52.